The second kappa shape index (κ2) is 9.10. The van der Waals surface area contributed by atoms with E-state index in [4.69, 9.17) is 4.74 Å². The highest BCUT2D eigenvalue weighted by molar-refractivity contribution is 7.90. The summed E-state index contributed by atoms with van der Waals surface area (Å²) in [5.41, 5.74) is 5.78. The maximum atomic E-state index is 14.3. The Morgan fingerprint density at radius 1 is 0.700 bits per heavy atom. The van der Waals surface area contributed by atoms with Gasteiger partial charge in [0.25, 0.3) is 10.0 Å². The zero-order chi connectivity index (χ0) is 27.4. The van der Waals surface area contributed by atoms with Crippen LogP contribution in [-0.2, 0) is 21.2 Å². The van der Waals surface area contributed by atoms with Crippen LogP contribution >= 0.6 is 0 Å². The summed E-state index contributed by atoms with van der Waals surface area (Å²) in [5, 5.41) is 1.62. The Morgan fingerprint density at radius 2 is 1.35 bits per heavy atom. The molecule has 1 aliphatic heterocycles. The molecule has 0 N–H and O–H groups in total. The van der Waals surface area contributed by atoms with Crippen molar-refractivity contribution in [2.45, 2.75) is 11.3 Å². The van der Waals surface area contributed by atoms with Gasteiger partial charge >= 0.3 is 5.97 Å². The van der Waals surface area contributed by atoms with Crippen LogP contribution in [0.2, 0.25) is 0 Å². The lowest BCUT2D eigenvalue weighted by molar-refractivity contribution is 0.0601. The fraction of sp³-hybridized carbons (Fsp3) is 0.0606. The highest BCUT2D eigenvalue weighted by atomic mass is 32.2. The lowest BCUT2D eigenvalue weighted by Gasteiger charge is -2.35. The lowest BCUT2D eigenvalue weighted by Crippen LogP contribution is -2.23. The van der Waals surface area contributed by atoms with E-state index in [1.807, 2.05) is 77.7 Å². The number of rotatable bonds is 4. The van der Waals surface area contributed by atoms with Crippen molar-refractivity contribution in [3.05, 3.63) is 132 Å². The molecule has 0 aliphatic carbocycles. The van der Waals surface area contributed by atoms with E-state index in [2.05, 4.69) is 6.07 Å². The largest absolute Gasteiger partial charge is 0.465 e. The number of methoxy groups -OCH3 is 1. The minimum atomic E-state index is -4.00. The molecule has 0 unspecified atom stereocenters. The number of esters is 1. The highest BCUT2D eigenvalue weighted by Gasteiger charge is 2.32. The van der Waals surface area contributed by atoms with Gasteiger partial charge in [-0.2, -0.15) is 0 Å². The van der Waals surface area contributed by atoms with Crippen LogP contribution in [0, 0.1) is 0 Å². The normalized spacial score (nSPS) is 12.8. The minimum absolute atomic E-state index is 0.196. The third kappa shape index (κ3) is 3.48. The molecule has 2 heterocycles. The van der Waals surface area contributed by atoms with Gasteiger partial charge in [-0.1, -0.05) is 78.9 Å². The Hall–Kier alpha value is -4.88. The molecule has 0 fully saturated rings. The van der Waals surface area contributed by atoms with Crippen LogP contribution in [0.25, 0.3) is 21.8 Å². The van der Waals surface area contributed by atoms with E-state index in [0.717, 1.165) is 27.6 Å². The summed E-state index contributed by atoms with van der Waals surface area (Å²) >= 11 is 0. The molecule has 40 heavy (non-hydrogen) atoms. The SMILES string of the molecule is COC(=O)c1cccc2c1N(c1cccc3c4ccccc4n(S(=O)(=O)c4ccccc4)c13)c1ccccc1C2. The zero-order valence-corrected chi connectivity index (χ0v) is 22.4. The first kappa shape index (κ1) is 24.2. The molecule has 0 saturated heterocycles. The van der Waals surface area contributed by atoms with Crippen LogP contribution in [0.4, 0.5) is 17.1 Å². The number of anilines is 3. The molecule has 7 rings (SSSR count). The summed E-state index contributed by atoms with van der Waals surface area (Å²) in [6, 6.07) is 35.4. The van der Waals surface area contributed by atoms with Gasteiger partial charge in [0.15, 0.2) is 0 Å². The van der Waals surface area contributed by atoms with Crippen LogP contribution in [0.1, 0.15) is 21.5 Å². The minimum Gasteiger partial charge on any atom is -0.465 e. The highest BCUT2D eigenvalue weighted by Crippen LogP contribution is 2.49. The maximum Gasteiger partial charge on any atom is 0.340 e. The van der Waals surface area contributed by atoms with Crippen LogP contribution < -0.4 is 4.90 Å². The summed E-state index contributed by atoms with van der Waals surface area (Å²) in [6.45, 7) is 0. The summed E-state index contributed by atoms with van der Waals surface area (Å²) in [7, 11) is -2.63. The van der Waals surface area contributed by atoms with Gasteiger partial charge < -0.3 is 9.64 Å². The van der Waals surface area contributed by atoms with Crippen molar-refractivity contribution in [1.29, 1.82) is 0 Å². The number of carbonyl (C=O) groups is 1. The lowest BCUT2D eigenvalue weighted by atomic mass is 9.92. The molecule has 1 aliphatic rings. The molecule has 0 bridgehead atoms. The molecule has 7 heteroatoms. The second-order valence-corrected chi connectivity index (χ2v) is 11.5. The summed E-state index contributed by atoms with van der Waals surface area (Å²) in [4.78, 5) is 15.2. The Kier molecular flexibility index (Phi) is 5.50. The van der Waals surface area contributed by atoms with Crippen molar-refractivity contribution < 1.29 is 17.9 Å². The Bertz CT molecular complexity index is 2060. The molecular formula is C33H24N2O4S. The van der Waals surface area contributed by atoms with E-state index < -0.39 is 16.0 Å². The van der Waals surface area contributed by atoms with E-state index in [-0.39, 0.29) is 4.90 Å². The molecule has 0 radical (unpaired) electrons. The Balaban J connectivity index is 1.64. The monoisotopic (exact) mass is 544 g/mol. The van der Waals surface area contributed by atoms with E-state index in [1.54, 1.807) is 36.4 Å². The third-order valence-corrected chi connectivity index (χ3v) is 9.24. The number of hydrogen-bond acceptors (Lipinski definition) is 5. The molecule has 6 nitrogen and oxygen atoms in total. The average molecular weight is 545 g/mol. The van der Waals surface area contributed by atoms with Crippen LogP contribution in [0.5, 0.6) is 0 Å². The number of para-hydroxylation sites is 4. The number of hydrogen-bond donors (Lipinski definition) is 0. The number of aromatic nitrogens is 1. The van der Waals surface area contributed by atoms with Gasteiger partial charge in [0.2, 0.25) is 0 Å². The molecule has 196 valence electrons. The molecule has 0 saturated carbocycles. The third-order valence-electron chi connectivity index (χ3n) is 7.52. The van der Waals surface area contributed by atoms with Crippen LogP contribution in [0.3, 0.4) is 0 Å². The predicted molar refractivity (Wildman–Crippen MR) is 157 cm³/mol. The molecule has 0 atom stereocenters. The number of carbonyl (C=O) groups excluding carboxylic acids is 1. The summed E-state index contributed by atoms with van der Waals surface area (Å²) in [5.74, 6) is -0.453. The first-order valence-corrected chi connectivity index (χ1v) is 14.4. The van der Waals surface area contributed by atoms with Crippen molar-refractivity contribution in [1.82, 2.24) is 3.97 Å². The van der Waals surface area contributed by atoms with Gasteiger partial charge in [-0.05, 0) is 47.5 Å². The smallest absolute Gasteiger partial charge is 0.340 e. The topological polar surface area (TPSA) is 68.6 Å². The van der Waals surface area contributed by atoms with Gasteiger partial charge in [-0.3, -0.25) is 0 Å². The fourth-order valence-corrected chi connectivity index (χ4v) is 7.38. The fourth-order valence-electron chi connectivity index (χ4n) is 5.82. The first-order chi connectivity index (χ1) is 19.5. The number of fused-ring (bicyclic) bond motifs is 5. The standard InChI is InChI=1S/C33H24N2O4S/c1-39-33(36)27-17-9-12-23-21-22-11-5-7-18-28(22)34(31(23)27)30-20-10-16-26-25-15-6-8-19-29(25)35(32(26)30)40(37,38)24-13-3-2-4-14-24/h2-20H,21H2,1H3. The average Bonchev–Trinajstić information content (AvgIpc) is 3.35. The van der Waals surface area contributed by atoms with Crippen molar-refractivity contribution in [2.75, 3.05) is 12.0 Å². The van der Waals surface area contributed by atoms with Crippen LogP contribution in [0.15, 0.2) is 120 Å². The summed E-state index contributed by atoms with van der Waals surface area (Å²) in [6.07, 6.45) is 0.633. The number of nitrogens with zero attached hydrogens (tertiary/aromatic N) is 2. The van der Waals surface area contributed by atoms with Gasteiger partial charge in [-0.25, -0.2) is 17.2 Å². The number of benzene rings is 5. The quantitative estimate of drug-likeness (QED) is 0.219. The van der Waals surface area contributed by atoms with E-state index >= 15 is 0 Å². The van der Waals surface area contributed by atoms with Gasteiger partial charge in [0.05, 0.1) is 40.0 Å². The van der Waals surface area contributed by atoms with Gasteiger partial charge in [0, 0.05) is 22.9 Å². The van der Waals surface area contributed by atoms with Crippen LogP contribution in [-0.4, -0.2) is 25.5 Å². The molecule has 6 aromatic rings. The van der Waals surface area contributed by atoms with E-state index in [9.17, 15) is 13.2 Å². The Labute approximate surface area is 231 Å². The first-order valence-electron chi connectivity index (χ1n) is 12.9. The molecule has 1 aromatic heterocycles. The van der Waals surface area contributed by atoms with E-state index in [0.29, 0.717) is 34.4 Å². The van der Waals surface area contributed by atoms with Crippen molar-refractivity contribution in [3.63, 3.8) is 0 Å². The zero-order valence-electron chi connectivity index (χ0n) is 21.6. The maximum absolute atomic E-state index is 14.3. The summed E-state index contributed by atoms with van der Waals surface area (Å²) < 4.78 is 35.3. The number of ether oxygens (including phenoxy) is 1. The molecular weight excluding hydrogens is 520 g/mol. The molecule has 5 aromatic carbocycles. The van der Waals surface area contributed by atoms with Crippen molar-refractivity contribution in [2.24, 2.45) is 0 Å². The Morgan fingerprint density at radius 3 is 2.17 bits per heavy atom. The van der Waals surface area contributed by atoms with E-state index in [1.165, 1.54) is 11.1 Å². The van der Waals surface area contributed by atoms with Gasteiger partial charge in [-0.15, -0.1) is 0 Å². The molecule has 0 amide bonds. The van der Waals surface area contributed by atoms with Crippen molar-refractivity contribution >= 4 is 54.9 Å². The second-order valence-electron chi connectivity index (χ2n) is 9.72. The van der Waals surface area contributed by atoms with Crippen molar-refractivity contribution in [3.8, 4) is 0 Å². The van der Waals surface area contributed by atoms with Gasteiger partial charge in [0.1, 0.15) is 0 Å². The molecule has 0 spiro atoms. The predicted octanol–water partition coefficient (Wildman–Crippen LogP) is 7.19.